The fraction of sp³-hybridized carbons (Fsp3) is 0.682. The standard InChI is InChI=1S/C22H32F4N2O4/c1-12-17(28-14(3)27-6)13(2)31-19(18(12)32-21(4,5)29)20(22(24,25)26)30-11-15-7-9-16(23)10-8-15/h7-10,12-13,17-20,29H,11H2,1-6H3,(H,27,28)/t12-,13-,17-,18+,19+,20-/m1/s1. The highest BCUT2D eigenvalue weighted by Gasteiger charge is 2.55. The molecule has 1 aromatic carbocycles. The van der Waals surface area contributed by atoms with Crippen molar-refractivity contribution >= 4 is 5.84 Å². The third kappa shape index (κ3) is 7.13. The lowest BCUT2D eigenvalue weighted by Gasteiger charge is -2.48. The molecule has 6 nitrogen and oxygen atoms in total. The van der Waals surface area contributed by atoms with Gasteiger partial charge in [-0.15, -0.1) is 0 Å². The molecule has 1 aliphatic heterocycles. The molecule has 2 rings (SSSR count). The Bertz CT molecular complexity index is 765. The molecular weight excluding hydrogens is 432 g/mol. The lowest BCUT2D eigenvalue weighted by Crippen LogP contribution is -2.65. The molecule has 0 aromatic heterocycles. The van der Waals surface area contributed by atoms with Gasteiger partial charge in [-0.05, 0) is 45.4 Å². The van der Waals surface area contributed by atoms with Crippen LogP contribution < -0.4 is 5.32 Å². The summed E-state index contributed by atoms with van der Waals surface area (Å²) in [6, 6.07) is 4.60. The Hall–Kier alpha value is -1.75. The molecule has 32 heavy (non-hydrogen) atoms. The number of halogens is 4. The third-order valence-electron chi connectivity index (χ3n) is 5.39. The average Bonchev–Trinajstić information content (AvgIpc) is 2.67. The minimum absolute atomic E-state index is 0.381. The fourth-order valence-electron chi connectivity index (χ4n) is 3.79. The summed E-state index contributed by atoms with van der Waals surface area (Å²) in [7, 11) is 1.60. The highest BCUT2D eigenvalue weighted by molar-refractivity contribution is 5.79. The van der Waals surface area contributed by atoms with Gasteiger partial charge in [-0.25, -0.2) is 4.39 Å². The molecule has 1 aliphatic rings. The molecule has 0 aliphatic carbocycles. The number of nitrogens with one attached hydrogen (secondary N) is 1. The van der Waals surface area contributed by atoms with E-state index in [1.165, 1.54) is 26.0 Å². The van der Waals surface area contributed by atoms with Gasteiger partial charge >= 0.3 is 6.18 Å². The van der Waals surface area contributed by atoms with Gasteiger partial charge in [0.1, 0.15) is 11.9 Å². The zero-order chi connectivity index (χ0) is 24.3. The van der Waals surface area contributed by atoms with Crippen LogP contribution in [0.1, 0.15) is 40.2 Å². The van der Waals surface area contributed by atoms with Crippen LogP contribution in [0.15, 0.2) is 29.3 Å². The zero-order valence-electron chi connectivity index (χ0n) is 19.1. The van der Waals surface area contributed by atoms with Crippen molar-refractivity contribution in [2.45, 2.75) is 83.6 Å². The lowest BCUT2D eigenvalue weighted by molar-refractivity contribution is -0.320. The summed E-state index contributed by atoms with van der Waals surface area (Å²) >= 11 is 0. The van der Waals surface area contributed by atoms with Gasteiger partial charge in [-0.1, -0.05) is 19.1 Å². The van der Waals surface area contributed by atoms with Crippen LogP contribution in [0, 0.1) is 11.7 Å². The molecule has 0 bridgehead atoms. The van der Waals surface area contributed by atoms with Gasteiger partial charge in [0.25, 0.3) is 0 Å². The predicted molar refractivity (Wildman–Crippen MR) is 112 cm³/mol. The molecule has 0 radical (unpaired) electrons. The average molecular weight is 465 g/mol. The number of aliphatic hydroxyl groups is 1. The number of alkyl halides is 3. The third-order valence-corrected chi connectivity index (χ3v) is 5.39. The number of rotatable bonds is 7. The molecule has 1 heterocycles. The van der Waals surface area contributed by atoms with E-state index in [9.17, 15) is 22.7 Å². The van der Waals surface area contributed by atoms with Crippen LogP contribution in [0.5, 0.6) is 0 Å². The summed E-state index contributed by atoms with van der Waals surface area (Å²) in [6.07, 6.45) is -10.4. The number of hydrogen-bond acceptors (Lipinski definition) is 5. The number of ether oxygens (including phenoxy) is 3. The van der Waals surface area contributed by atoms with Crippen molar-refractivity contribution in [3.8, 4) is 0 Å². The van der Waals surface area contributed by atoms with Crippen LogP contribution in [0.25, 0.3) is 0 Å². The topological polar surface area (TPSA) is 72.3 Å². The van der Waals surface area contributed by atoms with Crippen LogP contribution >= 0.6 is 0 Å². The van der Waals surface area contributed by atoms with Gasteiger partial charge in [-0.2, -0.15) is 13.2 Å². The maximum Gasteiger partial charge on any atom is 0.417 e. The molecule has 10 heteroatoms. The largest absolute Gasteiger partial charge is 0.417 e. The number of benzene rings is 1. The van der Waals surface area contributed by atoms with Crippen molar-refractivity contribution in [3.05, 3.63) is 35.6 Å². The van der Waals surface area contributed by atoms with Gasteiger partial charge in [0, 0.05) is 13.0 Å². The number of amidine groups is 1. The van der Waals surface area contributed by atoms with Crippen LogP contribution in [0.3, 0.4) is 0 Å². The first-order valence-electron chi connectivity index (χ1n) is 10.4. The van der Waals surface area contributed by atoms with E-state index in [0.717, 1.165) is 12.1 Å². The van der Waals surface area contributed by atoms with Gasteiger partial charge in [0.2, 0.25) is 0 Å². The van der Waals surface area contributed by atoms with Crippen LogP contribution in [0.2, 0.25) is 0 Å². The van der Waals surface area contributed by atoms with Crippen molar-refractivity contribution in [1.82, 2.24) is 5.32 Å². The van der Waals surface area contributed by atoms with Gasteiger partial charge in [-0.3, -0.25) is 4.99 Å². The van der Waals surface area contributed by atoms with Gasteiger partial charge in [0.05, 0.1) is 30.7 Å². The molecule has 0 spiro atoms. The summed E-state index contributed by atoms with van der Waals surface area (Å²) in [5.41, 5.74) is 0.381. The molecule has 2 N–H and O–H groups in total. The molecular formula is C22H32F4N2O4. The van der Waals surface area contributed by atoms with E-state index in [0.29, 0.717) is 11.4 Å². The summed E-state index contributed by atoms with van der Waals surface area (Å²) in [5, 5.41) is 13.4. The second kappa shape index (κ2) is 10.5. The Morgan fingerprint density at radius 3 is 2.31 bits per heavy atom. The minimum Gasteiger partial charge on any atom is -0.368 e. The highest BCUT2D eigenvalue weighted by Crippen LogP contribution is 2.38. The molecule has 1 saturated heterocycles. The SMILES string of the molecule is CN=C(C)N[C@@H]1[C@@H](C)[C@H](OC(C)(C)O)[C@@H]([C@@H](OCc2ccc(F)cc2)C(F)(F)F)O[C@@H]1C. The zero-order valence-corrected chi connectivity index (χ0v) is 19.1. The monoisotopic (exact) mass is 464 g/mol. The van der Waals surface area contributed by atoms with Crippen molar-refractivity contribution in [3.63, 3.8) is 0 Å². The minimum atomic E-state index is -4.77. The maximum absolute atomic E-state index is 14.1. The van der Waals surface area contributed by atoms with E-state index in [4.69, 9.17) is 14.2 Å². The molecule has 1 fully saturated rings. The summed E-state index contributed by atoms with van der Waals surface area (Å²) in [6.45, 7) is 7.43. The second-order valence-corrected chi connectivity index (χ2v) is 8.57. The Morgan fingerprint density at radius 2 is 1.81 bits per heavy atom. The maximum atomic E-state index is 14.1. The van der Waals surface area contributed by atoms with Gasteiger partial charge in [0.15, 0.2) is 11.9 Å². The van der Waals surface area contributed by atoms with Crippen molar-refractivity contribution < 1.29 is 36.9 Å². The number of aliphatic imine (C=N–C) groups is 1. The van der Waals surface area contributed by atoms with Crippen molar-refractivity contribution in [2.24, 2.45) is 10.9 Å². The smallest absolute Gasteiger partial charge is 0.368 e. The van der Waals surface area contributed by atoms with E-state index < -0.39 is 60.8 Å². The van der Waals surface area contributed by atoms with E-state index in [1.54, 1.807) is 27.8 Å². The first-order valence-corrected chi connectivity index (χ1v) is 10.4. The summed E-state index contributed by atoms with van der Waals surface area (Å²) < 4.78 is 72.1. The van der Waals surface area contributed by atoms with Crippen LogP contribution in [-0.2, 0) is 20.8 Å². The summed E-state index contributed by atoms with van der Waals surface area (Å²) in [4.78, 5) is 4.04. The Balaban J connectivity index is 2.34. The molecule has 182 valence electrons. The van der Waals surface area contributed by atoms with E-state index in [-0.39, 0.29) is 0 Å². The van der Waals surface area contributed by atoms with Crippen LogP contribution in [0.4, 0.5) is 17.6 Å². The predicted octanol–water partition coefficient (Wildman–Crippen LogP) is 3.82. The summed E-state index contributed by atoms with van der Waals surface area (Å²) in [5.74, 6) is -2.10. The van der Waals surface area contributed by atoms with E-state index in [2.05, 4.69) is 10.3 Å². The fourth-order valence-corrected chi connectivity index (χ4v) is 3.79. The number of nitrogens with zero attached hydrogens (tertiary/aromatic N) is 1. The molecule has 1 aromatic rings. The van der Waals surface area contributed by atoms with E-state index >= 15 is 0 Å². The number of hydrogen-bond donors (Lipinski definition) is 2. The second-order valence-electron chi connectivity index (χ2n) is 8.57. The van der Waals surface area contributed by atoms with Gasteiger partial charge < -0.3 is 24.6 Å². The van der Waals surface area contributed by atoms with Crippen molar-refractivity contribution in [1.29, 1.82) is 0 Å². The molecule has 0 saturated carbocycles. The Kier molecular flexibility index (Phi) is 8.66. The molecule has 0 amide bonds. The first kappa shape index (κ1) is 26.5. The quantitative estimate of drug-likeness (QED) is 0.278. The first-order chi connectivity index (χ1) is 14.7. The lowest BCUT2D eigenvalue weighted by atomic mass is 9.83. The highest BCUT2D eigenvalue weighted by atomic mass is 19.4. The van der Waals surface area contributed by atoms with Crippen LogP contribution in [-0.4, -0.2) is 60.4 Å². The molecule has 6 atom stereocenters. The van der Waals surface area contributed by atoms with Crippen molar-refractivity contribution in [2.75, 3.05) is 7.05 Å². The van der Waals surface area contributed by atoms with E-state index in [1.807, 2.05) is 0 Å². The normalized spacial score (nSPS) is 28.5. The Morgan fingerprint density at radius 1 is 1.22 bits per heavy atom. The Labute approximate surface area is 186 Å². The molecule has 0 unspecified atom stereocenters.